The van der Waals surface area contributed by atoms with Crippen molar-refractivity contribution in [1.82, 2.24) is 24.7 Å². The highest BCUT2D eigenvalue weighted by atomic mass is 16.1. The Kier molecular flexibility index (Phi) is 5.73. The Bertz CT molecular complexity index is 1620. The van der Waals surface area contributed by atoms with Gasteiger partial charge in [0.15, 0.2) is 0 Å². The molecule has 3 aromatic heterocycles. The Balaban J connectivity index is 1.44. The molecule has 5 rings (SSSR count). The Morgan fingerprint density at radius 1 is 1.11 bits per heavy atom. The largest absolute Gasteiger partial charge is 0.346 e. The summed E-state index contributed by atoms with van der Waals surface area (Å²) in [7, 11) is 0. The third-order valence-corrected chi connectivity index (χ3v) is 5.62. The summed E-state index contributed by atoms with van der Waals surface area (Å²) in [5.41, 5.74) is 4.47. The maximum Gasteiger partial charge on any atom is 0.255 e. The molecule has 0 aliphatic rings. The van der Waals surface area contributed by atoms with Crippen LogP contribution in [0, 0.1) is 22.7 Å². The zero-order valence-electron chi connectivity index (χ0n) is 18.4. The molecule has 0 saturated heterocycles. The van der Waals surface area contributed by atoms with Gasteiger partial charge in [-0.25, -0.2) is 9.97 Å². The van der Waals surface area contributed by atoms with Gasteiger partial charge in [-0.05, 0) is 42.0 Å². The molecule has 1 amide bonds. The van der Waals surface area contributed by atoms with Gasteiger partial charge in [0.25, 0.3) is 5.91 Å². The van der Waals surface area contributed by atoms with Gasteiger partial charge in [0.05, 0.1) is 42.1 Å². The fourth-order valence-corrected chi connectivity index (χ4v) is 3.94. The molecule has 3 heterocycles. The molecule has 9 heteroatoms. The van der Waals surface area contributed by atoms with Gasteiger partial charge in [-0.15, -0.1) is 0 Å². The van der Waals surface area contributed by atoms with Crippen LogP contribution >= 0.6 is 0 Å². The summed E-state index contributed by atoms with van der Waals surface area (Å²) in [5, 5.41) is 26.8. The first-order valence-electron chi connectivity index (χ1n) is 10.8. The van der Waals surface area contributed by atoms with Crippen LogP contribution in [0.5, 0.6) is 0 Å². The number of carbonyl (C=O) groups is 1. The number of amides is 1. The molecule has 0 fully saturated rings. The highest BCUT2D eigenvalue weighted by Gasteiger charge is 2.18. The number of nitrogens with zero attached hydrogens (tertiary/aromatic N) is 6. The number of carbonyl (C=O) groups excluding carboxylic acids is 1. The maximum atomic E-state index is 12.9. The first-order chi connectivity index (χ1) is 17.2. The van der Waals surface area contributed by atoms with Gasteiger partial charge in [0, 0.05) is 34.6 Å². The molecule has 0 aliphatic carbocycles. The lowest BCUT2D eigenvalue weighted by atomic mass is 10.0. The molecular formula is C26H18N8O. The van der Waals surface area contributed by atoms with E-state index in [0.717, 1.165) is 27.9 Å². The number of nitrogens with one attached hydrogen (secondary N) is 2. The Labute approximate surface area is 200 Å². The van der Waals surface area contributed by atoms with Crippen molar-refractivity contribution in [2.75, 3.05) is 5.32 Å². The van der Waals surface area contributed by atoms with Gasteiger partial charge >= 0.3 is 0 Å². The molecule has 2 N–H and O–H groups in total. The van der Waals surface area contributed by atoms with Crippen LogP contribution in [-0.2, 0) is 0 Å². The third kappa shape index (κ3) is 4.34. The predicted molar refractivity (Wildman–Crippen MR) is 129 cm³/mol. The van der Waals surface area contributed by atoms with Gasteiger partial charge in [-0.2, -0.15) is 15.6 Å². The van der Waals surface area contributed by atoms with E-state index in [4.69, 9.17) is 5.26 Å². The Morgan fingerprint density at radius 2 is 2.00 bits per heavy atom. The average Bonchev–Trinajstić information content (AvgIpc) is 3.57. The molecular weight excluding hydrogens is 440 g/mol. The third-order valence-electron chi connectivity index (χ3n) is 5.62. The van der Waals surface area contributed by atoms with Crippen molar-refractivity contribution in [2.45, 2.75) is 12.5 Å². The highest BCUT2D eigenvalue weighted by Crippen LogP contribution is 2.28. The zero-order valence-corrected chi connectivity index (χ0v) is 18.4. The van der Waals surface area contributed by atoms with Crippen molar-refractivity contribution in [3.05, 3.63) is 96.2 Å². The van der Waals surface area contributed by atoms with Gasteiger partial charge in [-0.3, -0.25) is 9.48 Å². The molecule has 1 atom stereocenters. The minimum Gasteiger partial charge on any atom is -0.346 e. The van der Waals surface area contributed by atoms with Gasteiger partial charge in [-0.1, -0.05) is 18.2 Å². The number of nitriles is 2. The second kappa shape index (κ2) is 9.30. The number of benzene rings is 2. The lowest BCUT2D eigenvalue weighted by Crippen LogP contribution is -2.15. The number of anilines is 1. The van der Waals surface area contributed by atoms with Crippen molar-refractivity contribution in [3.8, 4) is 23.4 Å². The Morgan fingerprint density at radius 3 is 2.86 bits per heavy atom. The van der Waals surface area contributed by atoms with E-state index in [1.54, 1.807) is 59.5 Å². The first kappa shape index (κ1) is 21.6. The molecule has 0 spiro atoms. The molecule has 1 unspecified atom stereocenters. The molecule has 0 saturated carbocycles. The molecule has 35 heavy (non-hydrogen) atoms. The van der Waals surface area contributed by atoms with Gasteiger partial charge < -0.3 is 10.3 Å². The standard InChI is InChI=1S/C26H18N8O/c27-9-7-23(34-15-20(14-32-34)24-22-8-10-29-25(22)31-16-30-24)18-4-2-5-19(12-18)26(35)33-21-6-1-3-17(11-21)13-28/h1-6,8,10-12,14-16,23H,7H2,(H,33,35)(H,29,30,31). The summed E-state index contributed by atoms with van der Waals surface area (Å²) in [6.45, 7) is 0. The molecule has 0 aliphatic heterocycles. The fraction of sp³-hybridized carbons (Fsp3) is 0.0769. The molecule has 5 aromatic rings. The van der Waals surface area contributed by atoms with Crippen molar-refractivity contribution < 1.29 is 4.79 Å². The smallest absolute Gasteiger partial charge is 0.255 e. The van der Waals surface area contributed by atoms with E-state index in [-0.39, 0.29) is 12.3 Å². The quantitative estimate of drug-likeness (QED) is 0.386. The van der Waals surface area contributed by atoms with Crippen LogP contribution < -0.4 is 5.32 Å². The monoisotopic (exact) mass is 458 g/mol. The molecule has 9 nitrogen and oxygen atoms in total. The average molecular weight is 458 g/mol. The number of aromatic nitrogens is 5. The summed E-state index contributed by atoms with van der Waals surface area (Å²) in [4.78, 5) is 24.6. The van der Waals surface area contributed by atoms with Crippen molar-refractivity contribution >= 4 is 22.6 Å². The maximum absolute atomic E-state index is 12.9. The summed E-state index contributed by atoms with van der Waals surface area (Å²) >= 11 is 0. The second-order valence-corrected chi connectivity index (χ2v) is 7.82. The number of H-pyrrole nitrogens is 1. The SMILES string of the molecule is N#CCC(c1cccc(C(=O)Nc2cccc(C#N)c2)c1)n1cc(-c2ncnc3[nH]ccc23)cn1. The number of aromatic amines is 1. The van der Waals surface area contributed by atoms with E-state index in [1.165, 1.54) is 6.33 Å². The lowest BCUT2D eigenvalue weighted by Gasteiger charge is -2.16. The van der Waals surface area contributed by atoms with Crippen molar-refractivity contribution in [3.63, 3.8) is 0 Å². The van der Waals surface area contributed by atoms with Gasteiger partial charge in [0.1, 0.15) is 12.0 Å². The highest BCUT2D eigenvalue weighted by molar-refractivity contribution is 6.04. The van der Waals surface area contributed by atoms with Crippen LogP contribution in [0.4, 0.5) is 5.69 Å². The van der Waals surface area contributed by atoms with E-state index in [2.05, 4.69) is 37.5 Å². The molecule has 0 bridgehead atoms. The van der Waals surface area contributed by atoms with Crippen LogP contribution in [0.2, 0.25) is 0 Å². The summed E-state index contributed by atoms with van der Waals surface area (Å²) < 4.78 is 1.71. The first-order valence-corrected chi connectivity index (χ1v) is 10.8. The van der Waals surface area contributed by atoms with E-state index < -0.39 is 6.04 Å². The molecule has 168 valence electrons. The summed E-state index contributed by atoms with van der Waals surface area (Å²) in [6, 6.07) is 19.6. The van der Waals surface area contributed by atoms with E-state index >= 15 is 0 Å². The van der Waals surface area contributed by atoms with Crippen LogP contribution in [0.25, 0.3) is 22.3 Å². The van der Waals surface area contributed by atoms with E-state index in [0.29, 0.717) is 16.8 Å². The van der Waals surface area contributed by atoms with Crippen LogP contribution in [0.1, 0.15) is 33.9 Å². The summed E-state index contributed by atoms with van der Waals surface area (Å²) in [5.74, 6) is -0.311. The minimum atomic E-state index is -0.396. The summed E-state index contributed by atoms with van der Waals surface area (Å²) in [6.07, 6.45) is 7.01. The molecule has 2 aromatic carbocycles. The van der Waals surface area contributed by atoms with Gasteiger partial charge in [0.2, 0.25) is 0 Å². The second-order valence-electron chi connectivity index (χ2n) is 7.82. The van der Waals surface area contributed by atoms with Crippen molar-refractivity contribution in [2.24, 2.45) is 0 Å². The zero-order chi connectivity index (χ0) is 24.2. The van der Waals surface area contributed by atoms with E-state index in [1.807, 2.05) is 18.3 Å². The topological polar surface area (TPSA) is 136 Å². The predicted octanol–water partition coefficient (Wildman–Crippen LogP) is 4.45. The van der Waals surface area contributed by atoms with Crippen molar-refractivity contribution in [1.29, 1.82) is 10.5 Å². The molecule has 0 radical (unpaired) electrons. The number of hydrogen-bond donors (Lipinski definition) is 2. The number of fused-ring (bicyclic) bond motifs is 1. The number of hydrogen-bond acceptors (Lipinski definition) is 6. The number of rotatable bonds is 6. The fourth-order valence-electron chi connectivity index (χ4n) is 3.94. The van der Waals surface area contributed by atoms with Crippen LogP contribution in [0.15, 0.2) is 79.5 Å². The van der Waals surface area contributed by atoms with Crippen LogP contribution in [-0.4, -0.2) is 30.6 Å². The van der Waals surface area contributed by atoms with E-state index in [9.17, 15) is 10.1 Å². The lowest BCUT2D eigenvalue weighted by molar-refractivity contribution is 0.102. The van der Waals surface area contributed by atoms with Crippen LogP contribution in [0.3, 0.4) is 0 Å². The normalized spacial score (nSPS) is 11.5. The minimum absolute atomic E-state index is 0.166. The Hall–Kier alpha value is -5.28.